The molecule has 4 aromatic rings. The Bertz CT molecular complexity index is 1270. The van der Waals surface area contributed by atoms with E-state index in [4.69, 9.17) is 0 Å². The van der Waals surface area contributed by atoms with E-state index in [0.29, 0.717) is 37.5 Å². The summed E-state index contributed by atoms with van der Waals surface area (Å²) in [4.78, 5) is 29.2. The van der Waals surface area contributed by atoms with Crippen molar-refractivity contribution in [1.29, 1.82) is 0 Å². The highest BCUT2D eigenvalue weighted by atomic mass is 16.2. The normalized spacial score (nSPS) is 11.4. The van der Waals surface area contributed by atoms with Gasteiger partial charge >= 0.3 is 5.69 Å². The molecule has 0 fully saturated rings. The second-order valence-corrected chi connectivity index (χ2v) is 7.08. The zero-order valence-electron chi connectivity index (χ0n) is 16.7. The smallest absolute Gasteiger partial charge is 0.350 e. The molecule has 0 saturated carbocycles. The Labute approximate surface area is 167 Å². The fourth-order valence-corrected chi connectivity index (χ4v) is 3.51. The number of carbonyl (C=O) groups is 1. The molecule has 0 aliphatic rings. The van der Waals surface area contributed by atoms with E-state index in [1.807, 2.05) is 51.1 Å². The van der Waals surface area contributed by atoms with Gasteiger partial charge in [0.05, 0.1) is 18.6 Å². The average molecular weight is 393 g/mol. The fourth-order valence-electron chi connectivity index (χ4n) is 3.51. The number of nitrogens with zero attached hydrogens (tertiary/aromatic N) is 6. The van der Waals surface area contributed by atoms with Gasteiger partial charge in [-0.1, -0.05) is 18.2 Å². The molecule has 9 heteroatoms. The van der Waals surface area contributed by atoms with E-state index in [-0.39, 0.29) is 11.6 Å². The topological polar surface area (TPSA) is 99.1 Å². The molecule has 0 spiro atoms. The van der Waals surface area contributed by atoms with Gasteiger partial charge in [-0.25, -0.2) is 23.5 Å². The Morgan fingerprint density at radius 2 is 1.86 bits per heavy atom. The Kier molecular flexibility index (Phi) is 4.87. The van der Waals surface area contributed by atoms with Gasteiger partial charge < -0.3 is 5.32 Å². The van der Waals surface area contributed by atoms with Crippen LogP contribution in [-0.2, 0) is 17.9 Å². The Morgan fingerprint density at radius 3 is 2.62 bits per heavy atom. The Hall–Kier alpha value is -3.49. The van der Waals surface area contributed by atoms with Crippen molar-refractivity contribution >= 4 is 22.5 Å². The summed E-state index contributed by atoms with van der Waals surface area (Å²) < 4.78 is 4.75. The van der Waals surface area contributed by atoms with Gasteiger partial charge in [0, 0.05) is 13.0 Å². The molecule has 9 nitrogen and oxygen atoms in total. The van der Waals surface area contributed by atoms with Gasteiger partial charge in [-0.15, -0.1) is 5.10 Å². The van der Waals surface area contributed by atoms with E-state index < -0.39 is 0 Å². The van der Waals surface area contributed by atoms with Crippen LogP contribution in [0.1, 0.15) is 23.6 Å². The first-order chi connectivity index (χ1) is 13.9. The van der Waals surface area contributed by atoms with Gasteiger partial charge in [-0.3, -0.25) is 4.79 Å². The van der Waals surface area contributed by atoms with Gasteiger partial charge in [0.1, 0.15) is 11.6 Å². The van der Waals surface area contributed by atoms with Gasteiger partial charge in [0.15, 0.2) is 5.65 Å². The van der Waals surface area contributed by atoms with Crippen LogP contribution in [0.25, 0.3) is 16.6 Å². The molecule has 3 aromatic heterocycles. The first kappa shape index (κ1) is 18.9. The van der Waals surface area contributed by atoms with E-state index in [9.17, 15) is 9.59 Å². The zero-order valence-corrected chi connectivity index (χ0v) is 16.7. The summed E-state index contributed by atoms with van der Waals surface area (Å²) in [5.41, 5.74) is 2.19. The molecule has 29 heavy (non-hydrogen) atoms. The number of aryl methyl sites for hydroxylation is 4. The fraction of sp³-hybridized carbons (Fsp3) is 0.350. The lowest BCUT2D eigenvalue weighted by Crippen LogP contribution is -2.31. The molecule has 4 rings (SSSR count). The van der Waals surface area contributed by atoms with E-state index in [1.54, 1.807) is 9.08 Å². The largest absolute Gasteiger partial charge is 0.354 e. The highest BCUT2D eigenvalue weighted by Gasteiger charge is 2.13. The number of pyridine rings is 1. The third-order valence-corrected chi connectivity index (χ3v) is 4.90. The Balaban J connectivity index is 1.43. The monoisotopic (exact) mass is 393 g/mol. The van der Waals surface area contributed by atoms with Gasteiger partial charge in [0.25, 0.3) is 0 Å². The standard InChI is InChI=1S/C20H23N7O2/c1-13-12-16-6-4-5-7-17(16)27-19(13)24-26(20(27)29)11-9-21-18(28)8-10-25-15(3)22-14(2)23-25/h4-7,12H,8-11H2,1-3H3,(H,21,28). The van der Waals surface area contributed by atoms with Crippen LogP contribution in [0.5, 0.6) is 0 Å². The van der Waals surface area contributed by atoms with Crippen LogP contribution >= 0.6 is 0 Å². The lowest BCUT2D eigenvalue weighted by Gasteiger charge is -2.05. The van der Waals surface area contributed by atoms with Crippen molar-refractivity contribution in [2.24, 2.45) is 0 Å². The molecule has 0 bridgehead atoms. The molecule has 0 saturated heterocycles. The van der Waals surface area contributed by atoms with E-state index in [1.165, 1.54) is 4.68 Å². The lowest BCUT2D eigenvalue weighted by atomic mass is 10.1. The number of hydrogen-bond acceptors (Lipinski definition) is 5. The van der Waals surface area contributed by atoms with Crippen molar-refractivity contribution in [2.45, 2.75) is 40.3 Å². The van der Waals surface area contributed by atoms with E-state index in [2.05, 4.69) is 20.5 Å². The van der Waals surface area contributed by atoms with Crippen LogP contribution in [0.3, 0.4) is 0 Å². The number of nitrogens with one attached hydrogen (secondary N) is 1. The summed E-state index contributed by atoms with van der Waals surface area (Å²) in [5, 5.41) is 12.5. The summed E-state index contributed by atoms with van der Waals surface area (Å²) in [5.74, 6) is 1.38. The molecule has 0 aliphatic carbocycles. The SMILES string of the molecule is Cc1nc(C)n(CCC(=O)NCCn2nc3c(C)cc4ccccc4n3c2=O)n1. The Morgan fingerprint density at radius 1 is 1.07 bits per heavy atom. The number of hydrogen-bond donors (Lipinski definition) is 1. The number of rotatable bonds is 6. The van der Waals surface area contributed by atoms with Crippen LogP contribution in [0.15, 0.2) is 35.1 Å². The third-order valence-electron chi connectivity index (χ3n) is 4.90. The molecular weight excluding hydrogens is 370 g/mol. The third kappa shape index (κ3) is 3.63. The molecule has 1 aromatic carbocycles. The number of amides is 1. The lowest BCUT2D eigenvalue weighted by molar-refractivity contribution is -0.121. The van der Waals surface area contributed by atoms with Crippen molar-refractivity contribution in [3.05, 3.63) is 58.0 Å². The highest BCUT2D eigenvalue weighted by molar-refractivity contribution is 5.83. The zero-order chi connectivity index (χ0) is 20.5. The number of fused-ring (bicyclic) bond motifs is 3. The molecule has 0 aliphatic heterocycles. The number of aromatic nitrogens is 6. The molecule has 0 radical (unpaired) electrons. The van der Waals surface area contributed by atoms with Crippen molar-refractivity contribution in [3.8, 4) is 0 Å². The summed E-state index contributed by atoms with van der Waals surface area (Å²) in [7, 11) is 0. The minimum Gasteiger partial charge on any atom is -0.354 e. The summed E-state index contributed by atoms with van der Waals surface area (Å²) >= 11 is 0. The summed E-state index contributed by atoms with van der Waals surface area (Å²) in [6, 6.07) is 9.76. The van der Waals surface area contributed by atoms with E-state index in [0.717, 1.165) is 22.3 Å². The van der Waals surface area contributed by atoms with Crippen LogP contribution in [0, 0.1) is 20.8 Å². The van der Waals surface area contributed by atoms with Gasteiger partial charge in [-0.05, 0) is 43.9 Å². The summed E-state index contributed by atoms with van der Waals surface area (Å²) in [6.45, 7) is 6.73. The van der Waals surface area contributed by atoms with E-state index >= 15 is 0 Å². The molecule has 0 atom stereocenters. The van der Waals surface area contributed by atoms with Crippen molar-refractivity contribution in [3.63, 3.8) is 0 Å². The molecule has 1 amide bonds. The molecule has 150 valence electrons. The quantitative estimate of drug-likeness (QED) is 0.533. The van der Waals surface area contributed by atoms with Crippen molar-refractivity contribution in [2.75, 3.05) is 6.54 Å². The number of para-hydroxylation sites is 1. The maximum absolute atomic E-state index is 12.9. The van der Waals surface area contributed by atoms with Crippen LogP contribution in [-0.4, -0.2) is 41.4 Å². The summed E-state index contributed by atoms with van der Waals surface area (Å²) in [6.07, 6.45) is 0.299. The minimum atomic E-state index is -0.206. The van der Waals surface area contributed by atoms with Gasteiger partial charge in [-0.2, -0.15) is 5.10 Å². The van der Waals surface area contributed by atoms with Crippen molar-refractivity contribution in [1.82, 2.24) is 34.3 Å². The molecule has 1 N–H and O–H groups in total. The predicted octanol–water partition coefficient (Wildman–Crippen LogP) is 1.37. The predicted molar refractivity (Wildman–Crippen MR) is 109 cm³/mol. The highest BCUT2D eigenvalue weighted by Crippen LogP contribution is 2.17. The second-order valence-electron chi connectivity index (χ2n) is 7.08. The van der Waals surface area contributed by atoms with Crippen LogP contribution < -0.4 is 11.0 Å². The molecule has 3 heterocycles. The van der Waals surface area contributed by atoms with Crippen LogP contribution in [0.4, 0.5) is 0 Å². The maximum atomic E-state index is 12.9. The number of carbonyl (C=O) groups excluding carboxylic acids is 1. The first-order valence-corrected chi connectivity index (χ1v) is 9.56. The molecular formula is C20H23N7O2. The van der Waals surface area contributed by atoms with Crippen LogP contribution in [0.2, 0.25) is 0 Å². The van der Waals surface area contributed by atoms with Crippen molar-refractivity contribution < 1.29 is 4.79 Å². The maximum Gasteiger partial charge on any atom is 0.350 e. The minimum absolute atomic E-state index is 0.101. The molecule has 0 unspecified atom stereocenters. The number of benzene rings is 1. The second kappa shape index (κ2) is 7.50. The average Bonchev–Trinajstić information content (AvgIpc) is 3.19. The first-order valence-electron chi connectivity index (χ1n) is 9.56. The van der Waals surface area contributed by atoms with Gasteiger partial charge in [0.2, 0.25) is 5.91 Å².